The van der Waals surface area contributed by atoms with Gasteiger partial charge in [0.15, 0.2) is 6.10 Å². The van der Waals surface area contributed by atoms with Crippen LogP contribution in [0.1, 0.15) is 355 Å². The van der Waals surface area contributed by atoms with E-state index in [9.17, 15) is 14.4 Å². The number of carbonyl (C=O) groups is 3. The topological polar surface area (TPSA) is 78.9 Å². The van der Waals surface area contributed by atoms with Gasteiger partial charge in [0.25, 0.3) is 0 Å². The van der Waals surface area contributed by atoms with E-state index in [4.69, 9.17) is 14.2 Å². The maximum atomic E-state index is 12.9. The van der Waals surface area contributed by atoms with Gasteiger partial charge in [0.05, 0.1) is 0 Å². The Morgan fingerprint density at radius 3 is 0.747 bits per heavy atom. The predicted octanol–water partition coefficient (Wildman–Crippen LogP) is 24.8. The third-order valence-corrected chi connectivity index (χ3v) is 15.6. The summed E-state index contributed by atoms with van der Waals surface area (Å²) in [6, 6.07) is 0. The van der Waals surface area contributed by atoms with Crippen molar-refractivity contribution in [2.75, 3.05) is 13.2 Å². The van der Waals surface area contributed by atoms with Gasteiger partial charge in [-0.25, -0.2) is 0 Å². The minimum Gasteiger partial charge on any atom is -0.462 e. The van der Waals surface area contributed by atoms with Crippen LogP contribution in [0.2, 0.25) is 0 Å². The van der Waals surface area contributed by atoms with Crippen LogP contribution >= 0.6 is 0 Å². The van der Waals surface area contributed by atoms with Gasteiger partial charge in [-0.2, -0.15) is 0 Å². The summed E-state index contributed by atoms with van der Waals surface area (Å²) in [4.78, 5) is 38.2. The summed E-state index contributed by atoms with van der Waals surface area (Å²) in [5.74, 6) is -0.895. The second-order valence-corrected chi connectivity index (χ2v) is 23.8. The Hall–Kier alpha value is -3.67. The van der Waals surface area contributed by atoms with E-state index in [2.05, 4.69) is 118 Å². The van der Waals surface area contributed by atoms with Crippen LogP contribution in [0, 0.1) is 0 Å². The molecular formula is C77H134O6. The van der Waals surface area contributed by atoms with Crippen LogP contribution in [-0.4, -0.2) is 37.2 Å². The molecule has 0 saturated heterocycles. The molecule has 6 nitrogen and oxygen atoms in total. The van der Waals surface area contributed by atoms with Gasteiger partial charge in [-0.15, -0.1) is 0 Å². The summed E-state index contributed by atoms with van der Waals surface area (Å²) >= 11 is 0. The third kappa shape index (κ3) is 69.0. The molecule has 1 atom stereocenters. The van der Waals surface area contributed by atoms with Crippen LogP contribution in [-0.2, 0) is 28.6 Å². The molecule has 0 aromatic heterocycles. The van der Waals surface area contributed by atoms with Crippen LogP contribution in [0.15, 0.2) is 97.2 Å². The third-order valence-electron chi connectivity index (χ3n) is 15.6. The Kier molecular flexibility index (Phi) is 67.7. The van der Waals surface area contributed by atoms with E-state index in [0.29, 0.717) is 19.3 Å². The van der Waals surface area contributed by atoms with Crippen molar-refractivity contribution >= 4 is 17.9 Å². The minimum absolute atomic E-state index is 0.0824. The standard InChI is InChI=1S/C77H134O6/c1-4-7-10-13-16-18-20-22-24-26-28-30-32-34-36-37-38-39-41-42-44-46-48-50-52-54-56-58-61-64-67-70-76(79)82-73-74(72-81-75(78)69-66-63-60-15-12-9-6-3)83-77(80)71-68-65-62-59-57-55-53-51-49-47-45-43-40-35-33-31-29-27-25-23-21-19-17-14-11-8-5-2/h8,11,17,19,23,25-26,28-29,31,35,40,45,47,51,53,74H,4-7,9-10,12-16,18,20-22,24,27,30,32-34,36-39,41-44,46,48-50,52,54-73H2,1-3H3/b11-8-,19-17-,25-23-,28-26-,31-29-,40-35-,47-45-,53-51-. The fourth-order valence-corrected chi connectivity index (χ4v) is 10.2. The zero-order valence-corrected chi connectivity index (χ0v) is 54.9. The molecule has 0 heterocycles. The van der Waals surface area contributed by atoms with Crippen molar-refractivity contribution in [3.63, 3.8) is 0 Å². The SMILES string of the molecule is CC/C=C\C/C=C\C/C=C\C/C=C\C/C=C\C/C=C\C/C=C\CCCCCCCC(=O)OC(COC(=O)CCCCCCCCC)COC(=O)CCCCCCCCCCCCCCCCCCCCC/C=C\CCCCCCCCCC. The van der Waals surface area contributed by atoms with Crippen molar-refractivity contribution in [2.45, 2.75) is 361 Å². The Morgan fingerprint density at radius 1 is 0.253 bits per heavy atom. The molecule has 0 aliphatic carbocycles. The molecule has 0 saturated carbocycles. The highest BCUT2D eigenvalue weighted by Crippen LogP contribution is 2.17. The van der Waals surface area contributed by atoms with Crippen molar-refractivity contribution in [1.29, 1.82) is 0 Å². The molecule has 0 aromatic rings. The molecule has 0 rings (SSSR count). The highest BCUT2D eigenvalue weighted by molar-refractivity contribution is 5.71. The molecule has 0 N–H and O–H groups in total. The Labute approximate surface area is 515 Å². The first-order valence-corrected chi connectivity index (χ1v) is 35.7. The van der Waals surface area contributed by atoms with Crippen LogP contribution in [0.25, 0.3) is 0 Å². The van der Waals surface area contributed by atoms with Crippen molar-refractivity contribution in [3.8, 4) is 0 Å². The molecule has 0 aliphatic heterocycles. The van der Waals surface area contributed by atoms with Gasteiger partial charge < -0.3 is 14.2 Å². The van der Waals surface area contributed by atoms with Crippen molar-refractivity contribution < 1.29 is 28.6 Å². The lowest BCUT2D eigenvalue weighted by Gasteiger charge is -2.18. The first-order valence-electron chi connectivity index (χ1n) is 35.7. The number of carbonyl (C=O) groups excluding carboxylic acids is 3. The van der Waals surface area contributed by atoms with Gasteiger partial charge in [0.1, 0.15) is 13.2 Å². The fourth-order valence-electron chi connectivity index (χ4n) is 10.2. The summed E-state index contributed by atoms with van der Waals surface area (Å²) in [6.45, 7) is 6.50. The quantitative estimate of drug-likeness (QED) is 0.0261. The molecule has 0 spiro atoms. The van der Waals surface area contributed by atoms with E-state index < -0.39 is 6.10 Å². The van der Waals surface area contributed by atoms with E-state index in [0.717, 1.165) is 122 Å². The molecule has 0 radical (unpaired) electrons. The summed E-state index contributed by atoms with van der Waals surface area (Å²) in [6.07, 6.45) is 96.2. The van der Waals surface area contributed by atoms with Gasteiger partial charge in [-0.05, 0) is 103 Å². The van der Waals surface area contributed by atoms with E-state index in [1.54, 1.807) is 0 Å². The van der Waals surface area contributed by atoms with Crippen LogP contribution in [0.4, 0.5) is 0 Å². The van der Waals surface area contributed by atoms with Gasteiger partial charge in [-0.3, -0.25) is 14.4 Å². The molecule has 0 amide bonds. The van der Waals surface area contributed by atoms with E-state index in [1.807, 2.05) is 0 Å². The van der Waals surface area contributed by atoms with Crippen LogP contribution < -0.4 is 0 Å². The van der Waals surface area contributed by atoms with E-state index in [1.165, 1.54) is 193 Å². The van der Waals surface area contributed by atoms with E-state index >= 15 is 0 Å². The molecule has 0 aromatic carbocycles. The number of rotatable bonds is 65. The Balaban J connectivity index is 4.09. The van der Waals surface area contributed by atoms with Crippen molar-refractivity contribution in [1.82, 2.24) is 0 Å². The van der Waals surface area contributed by atoms with Gasteiger partial charge in [0, 0.05) is 19.3 Å². The van der Waals surface area contributed by atoms with Crippen molar-refractivity contribution in [2.24, 2.45) is 0 Å². The Bertz CT molecular complexity index is 1610. The smallest absolute Gasteiger partial charge is 0.306 e. The number of esters is 3. The Morgan fingerprint density at radius 2 is 0.470 bits per heavy atom. The summed E-state index contributed by atoms with van der Waals surface area (Å²) in [5, 5.41) is 0. The number of hydrogen-bond acceptors (Lipinski definition) is 6. The molecule has 83 heavy (non-hydrogen) atoms. The zero-order chi connectivity index (χ0) is 59.9. The van der Waals surface area contributed by atoms with Crippen LogP contribution in [0.5, 0.6) is 0 Å². The number of unbranched alkanes of at least 4 members (excludes halogenated alkanes) is 38. The van der Waals surface area contributed by atoms with Crippen molar-refractivity contribution in [3.05, 3.63) is 97.2 Å². The first kappa shape index (κ1) is 79.3. The van der Waals surface area contributed by atoms with E-state index in [-0.39, 0.29) is 31.1 Å². The zero-order valence-electron chi connectivity index (χ0n) is 54.9. The molecular weight excluding hydrogens is 1020 g/mol. The molecule has 0 bridgehead atoms. The maximum absolute atomic E-state index is 12.9. The normalized spacial score (nSPS) is 12.7. The van der Waals surface area contributed by atoms with Gasteiger partial charge >= 0.3 is 17.9 Å². The lowest BCUT2D eigenvalue weighted by Crippen LogP contribution is -2.30. The van der Waals surface area contributed by atoms with Gasteiger partial charge in [-0.1, -0.05) is 330 Å². The molecule has 0 aliphatic rings. The lowest BCUT2D eigenvalue weighted by molar-refractivity contribution is -0.167. The molecule has 0 fully saturated rings. The maximum Gasteiger partial charge on any atom is 0.306 e. The highest BCUT2D eigenvalue weighted by Gasteiger charge is 2.19. The summed E-state index contributed by atoms with van der Waals surface area (Å²) in [7, 11) is 0. The highest BCUT2D eigenvalue weighted by atomic mass is 16.6. The summed E-state index contributed by atoms with van der Waals surface area (Å²) in [5.41, 5.74) is 0. The average Bonchev–Trinajstić information content (AvgIpc) is 3.49. The van der Waals surface area contributed by atoms with Gasteiger partial charge in [0.2, 0.25) is 0 Å². The lowest BCUT2D eigenvalue weighted by atomic mass is 10.0. The molecule has 1 unspecified atom stereocenters. The number of hydrogen-bond donors (Lipinski definition) is 0. The second-order valence-electron chi connectivity index (χ2n) is 23.8. The summed E-state index contributed by atoms with van der Waals surface area (Å²) < 4.78 is 16.9. The second kappa shape index (κ2) is 70.8. The molecule has 6 heteroatoms. The molecule has 478 valence electrons. The average molecular weight is 1160 g/mol. The minimum atomic E-state index is -0.786. The number of ether oxygens (including phenoxy) is 3. The number of allylic oxidation sites excluding steroid dienone is 16. The van der Waals surface area contributed by atoms with Crippen LogP contribution in [0.3, 0.4) is 0 Å². The fraction of sp³-hybridized carbons (Fsp3) is 0.753. The monoisotopic (exact) mass is 1160 g/mol. The largest absolute Gasteiger partial charge is 0.462 e. The predicted molar refractivity (Wildman–Crippen MR) is 362 cm³/mol. The first-order chi connectivity index (χ1) is 41.0.